The molecular formula is C27H30F3NO3. The number of benzene rings is 2. The van der Waals surface area contributed by atoms with Crippen molar-refractivity contribution >= 4 is 11.7 Å². The van der Waals surface area contributed by atoms with E-state index in [1.165, 1.54) is 6.07 Å². The molecule has 0 amide bonds. The van der Waals surface area contributed by atoms with Crippen LogP contribution in [0.5, 0.6) is 5.75 Å². The molecule has 2 aromatic rings. The number of fused-ring (bicyclic) bond motifs is 1. The molecular weight excluding hydrogens is 443 g/mol. The van der Waals surface area contributed by atoms with Crippen molar-refractivity contribution in [2.75, 3.05) is 18.0 Å². The van der Waals surface area contributed by atoms with Gasteiger partial charge >= 0.3 is 12.1 Å². The fourth-order valence-electron chi connectivity index (χ4n) is 5.80. The first kappa shape index (κ1) is 23.1. The topological polar surface area (TPSA) is 49.8 Å². The smallest absolute Gasteiger partial charge is 0.418 e. The van der Waals surface area contributed by atoms with Gasteiger partial charge in [0.2, 0.25) is 0 Å². The number of para-hydroxylation sites is 1. The minimum Gasteiger partial charge on any atom is -0.487 e. The Kier molecular flexibility index (Phi) is 5.77. The largest absolute Gasteiger partial charge is 0.487 e. The number of aliphatic carboxylic acids is 1. The number of anilines is 1. The summed E-state index contributed by atoms with van der Waals surface area (Å²) in [6, 6.07) is 11.9. The molecule has 1 N–H and O–H groups in total. The van der Waals surface area contributed by atoms with Crippen LogP contribution >= 0.6 is 0 Å². The van der Waals surface area contributed by atoms with Crippen LogP contribution in [0.15, 0.2) is 42.5 Å². The molecule has 2 aromatic carbocycles. The average Bonchev–Trinajstić information content (AvgIpc) is 3.64. The van der Waals surface area contributed by atoms with Gasteiger partial charge in [-0.3, -0.25) is 4.79 Å². The number of carbonyl (C=O) groups is 1. The molecule has 1 aliphatic carbocycles. The summed E-state index contributed by atoms with van der Waals surface area (Å²) < 4.78 is 47.1. The molecule has 0 aromatic heterocycles. The normalized spacial score (nSPS) is 21.5. The van der Waals surface area contributed by atoms with Gasteiger partial charge in [-0.05, 0) is 66.8 Å². The molecule has 2 atom stereocenters. The van der Waals surface area contributed by atoms with Crippen LogP contribution in [-0.4, -0.2) is 29.8 Å². The van der Waals surface area contributed by atoms with Gasteiger partial charge in [0.05, 0.1) is 11.5 Å². The number of ether oxygens (including phenoxy) is 1. The van der Waals surface area contributed by atoms with Gasteiger partial charge < -0.3 is 14.7 Å². The van der Waals surface area contributed by atoms with Crippen LogP contribution in [0.2, 0.25) is 0 Å². The molecule has 2 fully saturated rings. The summed E-state index contributed by atoms with van der Waals surface area (Å²) in [7, 11) is 0. The standard InChI is InChI=1S/C27H30F3NO3/c1-17(25(32)33)24(19-7-8-19)20-9-6-18-10-11-26(34-23(18)16-20)12-14-31(15-13-26)22-5-3-2-4-21(22)27(28,29)30/h2-6,9,16-17,19,24H,7-8,10-15H2,1H3,(H,32,33)/t17-,24-/m0/s1. The summed E-state index contributed by atoms with van der Waals surface area (Å²) in [5.74, 6) is -0.0432. The number of hydrogen-bond donors (Lipinski definition) is 1. The molecule has 182 valence electrons. The van der Waals surface area contributed by atoms with Gasteiger partial charge in [-0.15, -0.1) is 0 Å². The molecule has 4 nitrogen and oxygen atoms in total. The quantitative estimate of drug-likeness (QED) is 0.555. The van der Waals surface area contributed by atoms with Crippen LogP contribution in [-0.2, 0) is 17.4 Å². The van der Waals surface area contributed by atoms with Gasteiger partial charge in [-0.1, -0.05) is 31.2 Å². The molecule has 0 unspecified atom stereocenters. The van der Waals surface area contributed by atoms with E-state index in [0.29, 0.717) is 31.8 Å². The predicted octanol–water partition coefficient (Wildman–Crippen LogP) is 6.28. The highest BCUT2D eigenvalue weighted by molar-refractivity contribution is 5.71. The number of rotatable bonds is 5. The number of alkyl halides is 3. The molecule has 1 saturated carbocycles. The van der Waals surface area contributed by atoms with E-state index in [1.807, 2.05) is 11.0 Å². The maximum absolute atomic E-state index is 13.5. The van der Waals surface area contributed by atoms with Crippen molar-refractivity contribution < 1.29 is 27.8 Å². The van der Waals surface area contributed by atoms with Crippen molar-refractivity contribution in [3.05, 3.63) is 59.2 Å². The molecule has 3 aliphatic rings. The molecule has 1 saturated heterocycles. The van der Waals surface area contributed by atoms with E-state index < -0.39 is 23.6 Å². The number of carboxylic acids is 1. The van der Waals surface area contributed by atoms with Crippen molar-refractivity contribution in [2.45, 2.75) is 63.1 Å². The first-order valence-electron chi connectivity index (χ1n) is 12.1. The highest BCUT2D eigenvalue weighted by Crippen LogP contribution is 2.49. The Hall–Kier alpha value is -2.70. The summed E-state index contributed by atoms with van der Waals surface area (Å²) in [6.45, 7) is 2.79. The molecule has 0 radical (unpaired) electrons. The number of aryl methyl sites for hydroxylation is 1. The average molecular weight is 474 g/mol. The number of halogens is 3. The first-order chi connectivity index (χ1) is 16.2. The van der Waals surface area contributed by atoms with E-state index in [2.05, 4.69) is 12.1 Å². The Morgan fingerprint density at radius 3 is 2.47 bits per heavy atom. The monoisotopic (exact) mass is 473 g/mol. The Bertz CT molecular complexity index is 1070. The fourth-order valence-corrected chi connectivity index (χ4v) is 5.80. The van der Waals surface area contributed by atoms with Gasteiger partial charge in [-0.2, -0.15) is 13.2 Å². The van der Waals surface area contributed by atoms with Crippen molar-refractivity contribution in [3.8, 4) is 5.75 Å². The summed E-state index contributed by atoms with van der Waals surface area (Å²) in [4.78, 5) is 13.5. The SMILES string of the molecule is C[C@H](C(=O)O)[C@H](c1ccc2c(c1)OC1(CC2)CCN(c2ccccc2C(F)(F)F)CC1)C1CC1. The molecule has 2 aliphatic heterocycles. The van der Waals surface area contributed by atoms with Gasteiger partial charge in [0.25, 0.3) is 0 Å². The second kappa shape index (κ2) is 8.51. The molecule has 1 spiro atoms. The van der Waals surface area contributed by atoms with E-state index in [9.17, 15) is 23.1 Å². The van der Waals surface area contributed by atoms with Crippen molar-refractivity contribution in [3.63, 3.8) is 0 Å². The summed E-state index contributed by atoms with van der Waals surface area (Å²) in [6.07, 6.45) is 0.732. The lowest BCUT2D eigenvalue weighted by Crippen LogP contribution is -2.50. The zero-order chi connectivity index (χ0) is 24.1. The van der Waals surface area contributed by atoms with Crippen LogP contribution in [0.25, 0.3) is 0 Å². The molecule has 5 rings (SSSR count). The molecule has 2 heterocycles. The number of carboxylic acid groups (broad SMARTS) is 1. The molecule has 34 heavy (non-hydrogen) atoms. The summed E-state index contributed by atoms with van der Waals surface area (Å²) in [5.41, 5.74) is 1.40. The lowest BCUT2D eigenvalue weighted by Gasteiger charge is -2.45. The van der Waals surface area contributed by atoms with E-state index in [4.69, 9.17) is 4.74 Å². The zero-order valence-electron chi connectivity index (χ0n) is 19.3. The van der Waals surface area contributed by atoms with E-state index >= 15 is 0 Å². The Labute approximate surface area is 197 Å². The lowest BCUT2D eigenvalue weighted by atomic mass is 9.80. The second-order valence-electron chi connectivity index (χ2n) is 10.1. The number of hydrogen-bond acceptors (Lipinski definition) is 3. The lowest BCUT2D eigenvalue weighted by molar-refractivity contribution is -0.142. The Morgan fingerprint density at radius 2 is 1.82 bits per heavy atom. The Balaban J connectivity index is 1.34. The van der Waals surface area contributed by atoms with Crippen molar-refractivity contribution in [1.82, 2.24) is 0 Å². The van der Waals surface area contributed by atoms with Crippen LogP contribution in [0, 0.1) is 11.8 Å². The first-order valence-corrected chi connectivity index (χ1v) is 12.1. The maximum Gasteiger partial charge on any atom is 0.418 e. The van der Waals surface area contributed by atoms with Gasteiger partial charge in [0.15, 0.2) is 0 Å². The van der Waals surface area contributed by atoms with Crippen LogP contribution in [0.1, 0.15) is 61.6 Å². The maximum atomic E-state index is 13.5. The third kappa shape index (κ3) is 4.37. The van der Waals surface area contributed by atoms with Crippen LogP contribution in [0.3, 0.4) is 0 Å². The van der Waals surface area contributed by atoms with E-state index in [1.54, 1.807) is 19.1 Å². The highest BCUT2D eigenvalue weighted by atomic mass is 19.4. The minimum absolute atomic E-state index is 0.0232. The van der Waals surface area contributed by atoms with E-state index in [-0.39, 0.29) is 17.2 Å². The van der Waals surface area contributed by atoms with Gasteiger partial charge in [-0.25, -0.2) is 0 Å². The summed E-state index contributed by atoms with van der Waals surface area (Å²) >= 11 is 0. The number of piperidine rings is 1. The van der Waals surface area contributed by atoms with Gasteiger partial charge in [0.1, 0.15) is 11.4 Å². The Morgan fingerprint density at radius 1 is 1.12 bits per heavy atom. The van der Waals surface area contributed by atoms with E-state index in [0.717, 1.165) is 48.6 Å². The van der Waals surface area contributed by atoms with Crippen molar-refractivity contribution in [2.24, 2.45) is 11.8 Å². The number of nitrogens with zero attached hydrogens (tertiary/aromatic N) is 1. The van der Waals surface area contributed by atoms with Crippen LogP contribution < -0.4 is 9.64 Å². The molecule has 7 heteroatoms. The second-order valence-corrected chi connectivity index (χ2v) is 10.1. The third-order valence-electron chi connectivity index (χ3n) is 7.94. The highest BCUT2D eigenvalue weighted by Gasteiger charge is 2.43. The van der Waals surface area contributed by atoms with Crippen LogP contribution in [0.4, 0.5) is 18.9 Å². The predicted molar refractivity (Wildman–Crippen MR) is 123 cm³/mol. The van der Waals surface area contributed by atoms with Gasteiger partial charge in [0, 0.05) is 31.6 Å². The third-order valence-corrected chi connectivity index (χ3v) is 7.94. The minimum atomic E-state index is -4.38. The zero-order valence-corrected chi connectivity index (χ0v) is 19.3. The van der Waals surface area contributed by atoms with Crippen molar-refractivity contribution in [1.29, 1.82) is 0 Å². The summed E-state index contributed by atoms with van der Waals surface area (Å²) in [5, 5.41) is 9.61. The fraction of sp³-hybridized carbons (Fsp3) is 0.519. The molecule has 0 bridgehead atoms.